The van der Waals surface area contributed by atoms with Crippen LogP contribution < -0.4 is 14.8 Å². The Morgan fingerprint density at radius 3 is 2.47 bits per heavy atom. The molecular formula is C20H23NO7S2. The number of sulfone groups is 2. The first-order chi connectivity index (χ1) is 14.2. The van der Waals surface area contributed by atoms with Gasteiger partial charge in [0, 0.05) is 12.1 Å². The largest absolute Gasteiger partial charge is 0.493 e. The van der Waals surface area contributed by atoms with Gasteiger partial charge in [-0.1, -0.05) is 12.1 Å². The van der Waals surface area contributed by atoms with E-state index in [-0.39, 0.29) is 34.9 Å². The van der Waals surface area contributed by atoms with Gasteiger partial charge in [0.15, 0.2) is 31.2 Å². The lowest BCUT2D eigenvalue weighted by atomic mass is 10.1. The molecular weight excluding hydrogens is 430 g/mol. The zero-order valence-corrected chi connectivity index (χ0v) is 18.3. The Kier molecular flexibility index (Phi) is 6.37. The molecule has 0 spiro atoms. The maximum absolute atomic E-state index is 12.8. The van der Waals surface area contributed by atoms with Gasteiger partial charge >= 0.3 is 0 Å². The van der Waals surface area contributed by atoms with Crippen molar-refractivity contribution < 1.29 is 31.1 Å². The third kappa shape index (κ3) is 4.76. The van der Waals surface area contributed by atoms with E-state index in [1.54, 1.807) is 18.2 Å². The third-order valence-electron chi connectivity index (χ3n) is 4.96. The molecule has 0 aliphatic carbocycles. The van der Waals surface area contributed by atoms with Gasteiger partial charge in [0.25, 0.3) is 5.91 Å². The fourth-order valence-electron chi connectivity index (χ4n) is 3.29. The summed E-state index contributed by atoms with van der Waals surface area (Å²) in [5.41, 5.74) is 0.957. The lowest BCUT2D eigenvalue weighted by molar-refractivity contribution is 0.0950. The molecule has 1 amide bonds. The minimum atomic E-state index is -3.84. The fraction of sp³-hybridized carbons (Fsp3) is 0.350. The van der Waals surface area contributed by atoms with E-state index in [0.717, 1.165) is 5.56 Å². The van der Waals surface area contributed by atoms with Gasteiger partial charge in [0.05, 0.1) is 35.9 Å². The number of benzene rings is 2. The summed E-state index contributed by atoms with van der Waals surface area (Å²) in [6.45, 7) is 0.205. The van der Waals surface area contributed by atoms with Crippen molar-refractivity contribution >= 4 is 25.6 Å². The summed E-state index contributed by atoms with van der Waals surface area (Å²) >= 11 is 0. The second-order valence-corrected chi connectivity index (χ2v) is 11.4. The molecule has 2 aromatic rings. The smallest absolute Gasteiger partial charge is 0.251 e. The molecule has 1 saturated heterocycles. The number of rotatable bonds is 7. The van der Waals surface area contributed by atoms with Gasteiger partial charge in [-0.3, -0.25) is 4.79 Å². The molecule has 1 atom stereocenters. The highest BCUT2D eigenvalue weighted by molar-refractivity contribution is 7.96. The van der Waals surface area contributed by atoms with E-state index in [1.165, 1.54) is 38.5 Å². The number of carbonyl (C=O) groups excluding carboxylic acids is 1. The maximum atomic E-state index is 12.8. The molecule has 3 rings (SSSR count). The zero-order chi connectivity index (χ0) is 21.9. The molecule has 1 aliphatic heterocycles. The highest BCUT2D eigenvalue weighted by atomic mass is 32.2. The topological polar surface area (TPSA) is 116 Å². The average molecular weight is 454 g/mol. The Hall–Kier alpha value is -2.59. The summed E-state index contributed by atoms with van der Waals surface area (Å²) in [6.07, 6.45) is 0.0698. The number of ether oxygens (including phenoxy) is 2. The first kappa shape index (κ1) is 22.1. The SMILES string of the molecule is COc1ccc(CNC(=O)c2cccc(S(=O)(=O)C3CCS(=O)(=O)C3)c2)cc1OC. The van der Waals surface area contributed by atoms with Crippen molar-refractivity contribution in [2.75, 3.05) is 25.7 Å². The van der Waals surface area contributed by atoms with Crippen LogP contribution in [-0.2, 0) is 26.2 Å². The highest BCUT2D eigenvalue weighted by Crippen LogP contribution is 2.28. The fourth-order valence-corrected chi connectivity index (χ4v) is 7.69. The van der Waals surface area contributed by atoms with Crippen LogP contribution in [0.25, 0.3) is 0 Å². The molecule has 0 aromatic heterocycles. The average Bonchev–Trinajstić information content (AvgIpc) is 3.12. The van der Waals surface area contributed by atoms with E-state index in [1.807, 2.05) is 0 Å². The molecule has 0 bridgehead atoms. The van der Waals surface area contributed by atoms with Crippen LogP contribution >= 0.6 is 0 Å². The van der Waals surface area contributed by atoms with E-state index < -0.39 is 30.8 Å². The van der Waals surface area contributed by atoms with Gasteiger partial charge in [0.1, 0.15) is 0 Å². The predicted molar refractivity (Wildman–Crippen MR) is 111 cm³/mol. The molecule has 0 radical (unpaired) electrons. The Morgan fingerprint density at radius 1 is 1.10 bits per heavy atom. The summed E-state index contributed by atoms with van der Waals surface area (Å²) < 4.78 is 59.3. The molecule has 1 aliphatic rings. The lowest BCUT2D eigenvalue weighted by Gasteiger charge is -2.12. The number of amides is 1. The van der Waals surface area contributed by atoms with Crippen molar-refractivity contribution in [1.82, 2.24) is 5.32 Å². The van der Waals surface area contributed by atoms with Crippen molar-refractivity contribution in [3.05, 3.63) is 53.6 Å². The van der Waals surface area contributed by atoms with E-state index in [0.29, 0.717) is 11.5 Å². The standard InChI is InChI=1S/C20H23NO7S2/c1-27-18-7-6-14(10-19(18)28-2)12-21-20(22)15-4-3-5-16(11-15)30(25,26)17-8-9-29(23,24)13-17/h3-7,10-11,17H,8-9,12-13H2,1-2H3,(H,21,22). The summed E-state index contributed by atoms with van der Waals surface area (Å²) in [4.78, 5) is 12.5. The lowest BCUT2D eigenvalue weighted by Crippen LogP contribution is -2.25. The van der Waals surface area contributed by atoms with Gasteiger partial charge in [0.2, 0.25) is 0 Å². The van der Waals surface area contributed by atoms with Crippen LogP contribution in [0.3, 0.4) is 0 Å². The normalized spacial score (nSPS) is 18.0. The molecule has 1 fully saturated rings. The maximum Gasteiger partial charge on any atom is 0.251 e. The summed E-state index contributed by atoms with van der Waals surface area (Å²) in [5, 5.41) is 1.76. The van der Waals surface area contributed by atoms with Crippen molar-refractivity contribution in [3.8, 4) is 11.5 Å². The van der Waals surface area contributed by atoms with Gasteiger partial charge in [-0.2, -0.15) is 0 Å². The molecule has 0 saturated carbocycles. The van der Waals surface area contributed by atoms with E-state index >= 15 is 0 Å². The van der Waals surface area contributed by atoms with Gasteiger partial charge in [-0.05, 0) is 42.3 Å². The molecule has 8 nitrogen and oxygen atoms in total. The number of carbonyl (C=O) groups is 1. The van der Waals surface area contributed by atoms with Crippen molar-refractivity contribution in [3.63, 3.8) is 0 Å². The summed E-state index contributed by atoms with van der Waals surface area (Å²) in [6, 6.07) is 10.9. The second kappa shape index (κ2) is 8.65. The molecule has 1 N–H and O–H groups in total. The first-order valence-corrected chi connectivity index (χ1v) is 12.6. The van der Waals surface area contributed by atoms with Crippen LogP contribution in [0.2, 0.25) is 0 Å². The van der Waals surface area contributed by atoms with E-state index in [9.17, 15) is 21.6 Å². The quantitative estimate of drug-likeness (QED) is 0.677. The van der Waals surface area contributed by atoms with Gasteiger partial charge in [-0.25, -0.2) is 16.8 Å². The van der Waals surface area contributed by atoms with Crippen LogP contribution in [0.15, 0.2) is 47.4 Å². The van der Waals surface area contributed by atoms with Crippen LogP contribution in [0.1, 0.15) is 22.3 Å². The van der Waals surface area contributed by atoms with Crippen molar-refractivity contribution in [2.45, 2.75) is 23.1 Å². The van der Waals surface area contributed by atoms with Gasteiger partial charge < -0.3 is 14.8 Å². The van der Waals surface area contributed by atoms with Gasteiger partial charge in [-0.15, -0.1) is 0 Å². The number of hydrogen-bond donors (Lipinski definition) is 1. The van der Waals surface area contributed by atoms with Crippen LogP contribution in [-0.4, -0.2) is 53.7 Å². The number of methoxy groups -OCH3 is 2. The number of hydrogen-bond acceptors (Lipinski definition) is 7. The summed E-state index contributed by atoms with van der Waals surface area (Å²) in [7, 11) is -4.14. The Labute approximate surface area is 176 Å². The molecule has 10 heteroatoms. The van der Waals surface area contributed by atoms with Crippen molar-refractivity contribution in [2.24, 2.45) is 0 Å². The minimum Gasteiger partial charge on any atom is -0.493 e. The Morgan fingerprint density at radius 2 is 1.83 bits per heavy atom. The Balaban J connectivity index is 1.74. The molecule has 162 valence electrons. The molecule has 2 aromatic carbocycles. The molecule has 1 heterocycles. The predicted octanol–water partition coefficient (Wildman–Crippen LogP) is 1.59. The highest BCUT2D eigenvalue weighted by Gasteiger charge is 2.38. The summed E-state index contributed by atoms with van der Waals surface area (Å²) in [5.74, 6) is 0.136. The second-order valence-electron chi connectivity index (χ2n) is 6.97. The first-order valence-electron chi connectivity index (χ1n) is 9.20. The van der Waals surface area contributed by atoms with Crippen molar-refractivity contribution in [1.29, 1.82) is 0 Å². The number of nitrogens with one attached hydrogen (secondary N) is 1. The third-order valence-corrected chi connectivity index (χ3v) is 9.13. The molecule has 30 heavy (non-hydrogen) atoms. The van der Waals surface area contributed by atoms with Crippen LogP contribution in [0.5, 0.6) is 11.5 Å². The van der Waals surface area contributed by atoms with E-state index in [2.05, 4.69) is 5.32 Å². The van der Waals surface area contributed by atoms with Crippen LogP contribution in [0.4, 0.5) is 0 Å². The Bertz CT molecular complexity index is 1160. The molecule has 1 unspecified atom stereocenters. The zero-order valence-electron chi connectivity index (χ0n) is 16.6. The monoisotopic (exact) mass is 453 g/mol. The minimum absolute atomic E-state index is 0.0524. The van der Waals surface area contributed by atoms with Crippen LogP contribution in [0, 0.1) is 0 Å². The van der Waals surface area contributed by atoms with E-state index in [4.69, 9.17) is 9.47 Å².